The fraction of sp³-hybridized carbons (Fsp3) is 0.188. The Morgan fingerprint density at radius 2 is 1.73 bits per heavy atom. The van der Waals surface area contributed by atoms with E-state index in [9.17, 15) is 17.6 Å². The zero-order valence-electron chi connectivity index (χ0n) is 24.3. The third-order valence-electron chi connectivity index (χ3n) is 7.12. The third-order valence-corrected chi connectivity index (χ3v) is 7.79. The van der Waals surface area contributed by atoms with E-state index in [0.717, 1.165) is 44.9 Å². The van der Waals surface area contributed by atoms with Crippen molar-refractivity contribution in [3.63, 3.8) is 0 Å². The lowest BCUT2D eigenvalue weighted by atomic mass is 10.0. The lowest BCUT2D eigenvalue weighted by Crippen LogP contribution is -2.21. The average molecular weight is 612 g/mol. The van der Waals surface area contributed by atoms with Crippen molar-refractivity contribution in [1.29, 1.82) is 0 Å². The summed E-state index contributed by atoms with van der Waals surface area (Å²) < 4.78 is 40.1. The van der Waals surface area contributed by atoms with Gasteiger partial charge in [0.2, 0.25) is 15.9 Å². The number of hydrogen-bond donors (Lipinski definition) is 4. The summed E-state index contributed by atoms with van der Waals surface area (Å²) in [7, 11) is -3.44. The zero-order valence-corrected chi connectivity index (χ0v) is 25.1. The van der Waals surface area contributed by atoms with Gasteiger partial charge in [-0.1, -0.05) is 19.9 Å². The van der Waals surface area contributed by atoms with Crippen molar-refractivity contribution in [1.82, 2.24) is 29.9 Å². The van der Waals surface area contributed by atoms with Gasteiger partial charge in [-0.3, -0.25) is 19.9 Å². The van der Waals surface area contributed by atoms with Gasteiger partial charge in [-0.25, -0.2) is 17.5 Å². The van der Waals surface area contributed by atoms with Crippen LogP contribution in [0.2, 0.25) is 0 Å². The number of H-pyrrole nitrogens is 2. The monoisotopic (exact) mass is 611 g/mol. The summed E-state index contributed by atoms with van der Waals surface area (Å²) in [6.45, 7) is 3.96. The number of halogens is 1. The summed E-state index contributed by atoms with van der Waals surface area (Å²) in [5.41, 5.74) is 7.12. The van der Waals surface area contributed by atoms with E-state index in [1.54, 1.807) is 30.9 Å². The number of anilines is 1. The maximum Gasteiger partial charge on any atom is 0.224 e. The standard InChI is InChI=1S/C32H30FN7O3S/c1-18(2)6-31(41)37-24-10-22(14-34-15-24)20-4-5-28-26(11-20)32(40-39-28)29-12-25-27(16-35-17-30(25)38-29)21-7-19(8-23(33)9-21)13-36-44(3,42)43/h4-5,7-12,14-18,36,38H,6,13H2,1-3H3,(H,37,41)(H,39,40). The molecule has 0 unspecified atom stereocenters. The van der Waals surface area contributed by atoms with Crippen molar-refractivity contribution in [2.75, 3.05) is 11.6 Å². The van der Waals surface area contributed by atoms with Crippen molar-refractivity contribution in [2.45, 2.75) is 26.8 Å². The smallest absolute Gasteiger partial charge is 0.224 e. The molecular weight excluding hydrogens is 581 g/mol. The third kappa shape index (κ3) is 6.36. The van der Waals surface area contributed by atoms with E-state index in [1.165, 1.54) is 12.1 Å². The Morgan fingerprint density at radius 1 is 0.909 bits per heavy atom. The minimum absolute atomic E-state index is 0.0320. The first-order valence-electron chi connectivity index (χ1n) is 14.0. The fourth-order valence-electron chi connectivity index (χ4n) is 5.18. The molecule has 0 atom stereocenters. The number of nitrogens with zero attached hydrogens (tertiary/aromatic N) is 3. The molecule has 4 aromatic heterocycles. The molecule has 224 valence electrons. The van der Waals surface area contributed by atoms with E-state index in [0.29, 0.717) is 34.5 Å². The first-order valence-corrected chi connectivity index (χ1v) is 15.9. The number of carbonyl (C=O) groups excluding carboxylic acids is 1. The summed E-state index contributed by atoms with van der Waals surface area (Å²) >= 11 is 0. The number of pyridine rings is 2. The number of hydrogen-bond acceptors (Lipinski definition) is 6. The van der Waals surface area contributed by atoms with Gasteiger partial charge in [0.15, 0.2) is 0 Å². The van der Waals surface area contributed by atoms with Crippen LogP contribution in [-0.2, 0) is 21.4 Å². The summed E-state index contributed by atoms with van der Waals surface area (Å²) in [6.07, 6.45) is 8.21. The minimum Gasteiger partial charge on any atom is -0.352 e. The molecule has 1 amide bonds. The van der Waals surface area contributed by atoms with Crippen LogP contribution in [0.3, 0.4) is 0 Å². The molecule has 0 saturated carbocycles. The molecule has 10 nitrogen and oxygen atoms in total. The molecule has 6 aromatic rings. The van der Waals surface area contributed by atoms with Gasteiger partial charge in [0.25, 0.3) is 0 Å². The molecule has 6 rings (SSSR count). The van der Waals surface area contributed by atoms with Gasteiger partial charge in [0.05, 0.1) is 41.1 Å². The maximum atomic E-state index is 14.6. The second kappa shape index (κ2) is 11.6. The van der Waals surface area contributed by atoms with Crippen molar-refractivity contribution in [3.8, 4) is 33.6 Å². The van der Waals surface area contributed by atoms with Crippen LogP contribution in [0.1, 0.15) is 25.8 Å². The largest absolute Gasteiger partial charge is 0.352 e. The van der Waals surface area contributed by atoms with Crippen LogP contribution < -0.4 is 10.0 Å². The highest BCUT2D eigenvalue weighted by Crippen LogP contribution is 2.35. The molecule has 2 aromatic carbocycles. The van der Waals surface area contributed by atoms with Gasteiger partial charge in [-0.15, -0.1) is 0 Å². The second-order valence-electron chi connectivity index (χ2n) is 11.2. The predicted molar refractivity (Wildman–Crippen MR) is 170 cm³/mol. The molecule has 4 heterocycles. The number of aromatic nitrogens is 5. The van der Waals surface area contributed by atoms with E-state index < -0.39 is 15.8 Å². The van der Waals surface area contributed by atoms with E-state index >= 15 is 0 Å². The molecular formula is C32H30FN7O3S. The average Bonchev–Trinajstić information content (AvgIpc) is 3.59. The van der Waals surface area contributed by atoms with Crippen LogP contribution in [0, 0.1) is 11.7 Å². The normalized spacial score (nSPS) is 11.9. The summed E-state index contributed by atoms with van der Waals surface area (Å²) in [6, 6.07) is 14.2. The number of fused-ring (bicyclic) bond motifs is 2. The molecule has 0 saturated heterocycles. The molecule has 44 heavy (non-hydrogen) atoms. The summed E-state index contributed by atoms with van der Waals surface area (Å²) in [4.78, 5) is 24.4. The number of carbonyl (C=O) groups is 1. The highest BCUT2D eigenvalue weighted by atomic mass is 32.2. The molecule has 4 N–H and O–H groups in total. The Balaban J connectivity index is 1.36. The number of rotatable bonds is 9. The number of sulfonamides is 1. The maximum absolute atomic E-state index is 14.6. The van der Waals surface area contributed by atoms with Gasteiger partial charge in [-0.05, 0) is 65.1 Å². The van der Waals surface area contributed by atoms with Crippen molar-refractivity contribution in [2.24, 2.45) is 5.92 Å². The number of benzene rings is 2. The molecule has 0 aliphatic heterocycles. The van der Waals surface area contributed by atoms with Crippen LogP contribution in [0.15, 0.2) is 73.3 Å². The Bertz CT molecular complexity index is 2140. The van der Waals surface area contributed by atoms with Crippen LogP contribution in [0.4, 0.5) is 10.1 Å². The quantitative estimate of drug-likeness (QED) is 0.158. The van der Waals surface area contributed by atoms with Crippen molar-refractivity contribution in [3.05, 3.63) is 84.7 Å². The SMILES string of the molecule is CC(C)CC(=O)Nc1cncc(-c2ccc3[nH]nc(-c4cc5c(-c6cc(F)cc(CNS(C)(=O)=O)c6)cncc5[nH]4)c3c2)c1. The lowest BCUT2D eigenvalue weighted by molar-refractivity contribution is -0.116. The molecule has 0 bridgehead atoms. The van der Waals surface area contributed by atoms with E-state index in [-0.39, 0.29) is 18.4 Å². The molecule has 12 heteroatoms. The molecule has 0 fully saturated rings. The molecule has 0 spiro atoms. The van der Waals surface area contributed by atoms with Crippen molar-refractivity contribution >= 4 is 43.4 Å². The van der Waals surface area contributed by atoms with Crippen LogP contribution in [0.25, 0.3) is 55.4 Å². The topological polar surface area (TPSA) is 146 Å². The van der Waals surface area contributed by atoms with Gasteiger partial charge < -0.3 is 10.3 Å². The summed E-state index contributed by atoms with van der Waals surface area (Å²) in [5, 5.41) is 12.3. The number of aromatic amines is 2. The van der Waals surface area contributed by atoms with E-state index in [2.05, 4.69) is 35.2 Å². The second-order valence-corrected chi connectivity index (χ2v) is 13.0. The molecule has 0 aliphatic carbocycles. The lowest BCUT2D eigenvalue weighted by Gasteiger charge is -2.09. The van der Waals surface area contributed by atoms with Crippen LogP contribution >= 0.6 is 0 Å². The van der Waals surface area contributed by atoms with E-state index in [1.807, 2.05) is 44.2 Å². The fourth-order valence-corrected chi connectivity index (χ4v) is 5.61. The van der Waals surface area contributed by atoms with Gasteiger partial charge in [-0.2, -0.15) is 5.10 Å². The predicted octanol–water partition coefficient (Wildman–Crippen LogP) is 6.01. The number of nitrogens with one attached hydrogen (secondary N) is 4. The first kappa shape index (κ1) is 29.1. The highest BCUT2D eigenvalue weighted by Gasteiger charge is 2.16. The van der Waals surface area contributed by atoms with Gasteiger partial charge >= 0.3 is 0 Å². The van der Waals surface area contributed by atoms with Crippen LogP contribution in [0.5, 0.6) is 0 Å². The minimum atomic E-state index is -3.44. The zero-order chi connectivity index (χ0) is 31.0. The Morgan fingerprint density at radius 3 is 2.52 bits per heavy atom. The summed E-state index contributed by atoms with van der Waals surface area (Å²) in [5.74, 6) is -0.288. The van der Waals surface area contributed by atoms with Gasteiger partial charge in [0.1, 0.15) is 11.5 Å². The van der Waals surface area contributed by atoms with Crippen molar-refractivity contribution < 1.29 is 17.6 Å². The Kier molecular flexibility index (Phi) is 7.70. The first-order chi connectivity index (χ1) is 21.0. The number of amides is 1. The molecule has 0 radical (unpaired) electrons. The van der Waals surface area contributed by atoms with E-state index in [4.69, 9.17) is 0 Å². The Labute approximate surface area is 253 Å². The molecule has 0 aliphatic rings. The Hall–Kier alpha value is -4.94. The highest BCUT2D eigenvalue weighted by molar-refractivity contribution is 7.88. The van der Waals surface area contributed by atoms with Crippen LogP contribution in [-0.4, -0.2) is 45.7 Å². The van der Waals surface area contributed by atoms with Gasteiger partial charge in [0, 0.05) is 47.3 Å².